The van der Waals surface area contributed by atoms with E-state index >= 15 is 0 Å². The fraction of sp³-hybridized carbons (Fsp3) is 0.391. The molecule has 30 heavy (non-hydrogen) atoms. The van der Waals surface area contributed by atoms with Gasteiger partial charge < -0.3 is 10.1 Å². The second-order valence-electron chi connectivity index (χ2n) is 7.52. The van der Waals surface area contributed by atoms with Crippen molar-refractivity contribution in [3.8, 4) is 10.6 Å². The van der Waals surface area contributed by atoms with Crippen LogP contribution in [0.2, 0.25) is 0 Å². The molecular weight excluding hydrogens is 414 g/mol. The SMILES string of the molecule is Cc1ccc2nc(-c3ccc(NC(=O)C(C)SCCN4CCOCC4)cc3)sc2c1. The number of nitrogens with one attached hydrogen (secondary N) is 1. The van der Waals surface area contributed by atoms with E-state index in [2.05, 4.69) is 35.3 Å². The van der Waals surface area contributed by atoms with E-state index in [-0.39, 0.29) is 11.2 Å². The highest BCUT2D eigenvalue weighted by atomic mass is 32.2. The van der Waals surface area contributed by atoms with Gasteiger partial charge in [-0.3, -0.25) is 9.69 Å². The zero-order valence-electron chi connectivity index (χ0n) is 17.4. The average Bonchev–Trinajstić information content (AvgIpc) is 3.18. The molecule has 7 heteroatoms. The van der Waals surface area contributed by atoms with Crippen molar-refractivity contribution in [1.29, 1.82) is 0 Å². The normalized spacial score (nSPS) is 15.9. The van der Waals surface area contributed by atoms with Crippen LogP contribution in [0.3, 0.4) is 0 Å². The maximum absolute atomic E-state index is 12.5. The minimum Gasteiger partial charge on any atom is -0.379 e. The third-order valence-electron chi connectivity index (χ3n) is 5.19. The molecule has 0 spiro atoms. The molecule has 0 aliphatic carbocycles. The standard InChI is InChI=1S/C23H27N3O2S2/c1-16-3-8-20-21(15-16)30-23(25-20)18-4-6-19(7-5-18)24-22(27)17(2)29-14-11-26-9-12-28-13-10-26/h3-8,15,17H,9-14H2,1-2H3,(H,24,27). The highest BCUT2D eigenvalue weighted by molar-refractivity contribution is 8.00. The Morgan fingerprint density at radius 3 is 2.77 bits per heavy atom. The molecule has 1 fully saturated rings. The molecular formula is C23H27N3O2S2. The van der Waals surface area contributed by atoms with Crippen molar-refractivity contribution in [2.75, 3.05) is 43.9 Å². The van der Waals surface area contributed by atoms with E-state index in [1.54, 1.807) is 23.1 Å². The Labute approximate surface area is 185 Å². The van der Waals surface area contributed by atoms with Gasteiger partial charge in [-0.2, -0.15) is 0 Å². The number of aromatic nitrogens is 1. The van der Waals surface area contributed by atoms with Crippen molar-refractivity contribution in [1.82, 2.24) is 9.88 Å². The van der Waals surface area contributed by atoms with E-state index in [0.717, 1.165) is 60.4 Å². The van der Waals surface area contributed by atoms with E-state index in [1.807, 2.05) is 31.2 Å². The van der Waals surface area contributed by atoms with E-state index < -0.39 is 0 Å². The highest BCUT2D eigenvalue weighted by Gasteiger charge is 2.16. The van der Waals surface area contributed by atoms with Crippen LogP contribution in [0.25, 0.3) is 20.8 Å². The van der Waals surface area contributed by atoms with Gasteiger partial charge >= 0.3 is 0 Å². The second-order valence-corrected chi connectivity index (χ2v) is 10.0. The third kappa shape index (κ3) is 5.40. The number of morpholine rings is 1. The number of thiazole rings is 1. The lowest BCUT2D eigenvalue weighted by atomic mass is 10.2. The Hall–Kier alpha value is -1.93. The van der Waals surface area contributed by atoms with Crippen LogP contribution >= 0.6 is 23.1 Å². The summed E-state index contributed by atoms with van der Waals surface area (Å²) in [6, 6.07) is 14.3. The highest BCUT2D eigenvalue weighted by Crippen LogP contribution is 2.31. The molecule has 1 aliphatic heterocycles. The summed E-state index contributed by atoms with van der Waals surface area (Å²) in [7, 11) is 0. The van der Waals surface area contributed by atoms with Gasteiger partial charge in [0, 0.05) is 36.6 Å². The topological polar surface area (TPSA) is 54.5 Å². The fourth-order valence-corrected chi connectivity index (χ4v) is 5.35. The summed E-state index contributed by atoms with van der Waals surface area (Å²) in [4.78, 5) is 19.6. The molecule has 3 aromatic rings. The zero-order valence-corrected chi connectivity index (χ0v) is 19.0. The van der Waals surface area contributed by atoms with Crippen molar-refractivity contribution in [2.24, 2.45) is 0 Å². The molecule has 1 aromatic heterocycles. The average molecular weight is 442 g/mol. The minimum absolute atomic E-state index is 0.0465. The van der Waals surface area contributed by atoms with Gasteiger partial charge in [0.1, 0.15) is 5.01 Å². The summed E-state index contributed by atoms with van der Waals surface area (Å²) in [6.45, 7) is 8.67. The Balaban J connectivity index is 1.30. The van der Waals surface area contributed by atoms with Gasteiger partial charge in [0.25, 0.3) is 0 Å². The first-order valence-corrected chi connectivity index (χ1v) is 12.2. The van der Waals surface area contributed by atoms with Gasteiger partial charge in [0.15, 0.2) is 0 Å². The summed E-state index contributed by atoms with van der Waals surface area (Å²) >= 11 is 3.39. The number of carbonyl (C=O) groups is 1. The first-order valence-electron chi connectivity index (χ1n) is 10.3. The van der Waals surface area contributed by atoms with Crippen LogP contribution in [0.5, 0.6) is 0 Å². The minimum atomic E-state index is -0.0850. The molecule has 1 saturated heterocycles. The number of aryl methyl sites for hydroxylation is 1. The van der Waals surface area contributed by atoms with Gasteiger partial charge in [0.2, 0.25) is 5.91 Å². The molecule has 0 bridgehead atoms. The smallest absolute Gasteiger partial charge is 0.237 e. The fourth-order valence-electron chi connectivity index (χ4n) is 3.35. The molecule has 2 aromatic carbocycles. The summed E-state index contributed by atoms with van der Waals surface area (Å²) in [5, 5.41) is 3.95. The van der Waals surface area contributed by atoms with Gasteiger partial charge in [-0.1, -0.05) is 6.07 Å². The largest absolute Gasteiger partial charge is 0.379 e. The number of anilines is 1. The van der Waals surface area contributed by atoms with Crippen LogP contribution in [0.1, 0.15) is 12.5 Å². The number of rotatable bonds is 7. The van der Waals surface area contributed by atoms with Crippen LogP contribution in [-0.2, 0) is 9.53 Å². The molecule has 1 atom stereocenters. The van der Waals surface area contributed by atoms with Crippen molar-refractivity contribution < 1.29 is 9.53 Å². The number of benzene rings is 2. The van der Waals surface area contributed by atoms with Gasteiger partial charge in [-0.25, -0.2) is 4.98 Å². The van der Waals surface area contributed by atoms with Crippen LogP contribution < -0.4 is 5.32 Å². The first kappa shape index (κ1) is 21.3. The Bertz CT molecular complexity index is 997. The van der Waals surface area contributed by atoms with Crippen molar-refractivity contribution >= 4 is 44.9 Å². The van der Waals surface area contributed by atoms with Crippen LogP contribution in [0, 0.1) is 6.92 Å². The van der Waals surface area contributed by atoms with Crippen molar-refractivity contribution in [3.05, 3.63) is 48.0 Å². The number of hydrogen-bond donors (Lipinski definition) is 1. The second kappa shape index (κ2) is 9.92. The first-order chi connectivity index (χ1) is 14.6. The van der Waals surface area contributed by atoms with Crippen LogP contribution in [-0.4, -0.2) is 59.6 Å². The lowest BCUT2D eigenvalue weighted by Crippen LogP contribution is -2.38. The maximum atomic E-state index is 12.5. The molecule has 2 heterocycles. The molecule has 5 nitrogen and oxygen atoms in total. The number of thioether (sulfide) groups is 1. The van der Waals surface area contributed by atoms with Crippen molar-refractivity contribution in [3.63, 3.8) is 0 Å². The number of hydrogen-bond acceptors (Lipinski definition) is 6. The molecule has 1 aliphatic rings. The molecule has 0 saturated carbocycles. The number of carbonyl (C=O) groups excluding carboxylic acids is 1. The molecule has 1 unspecified atom stereocenters. The summed E-state index contributed by atoms with van der Waals surface area (Å²) in [6.07, 6.45) is 0. The molecule has 158 valence electrons. The van der Waals surface area contributed by atoms with Crippen molar-refractivity contribution in [2.45, 2.75) is 19.1 Å². The monoisotopic (exact) mass is 441 g/mol. The quantitative estimate of drug-likeness (QED) is 0.578. The Kier molecular flexibility index (Phi) is 7.04. The van der Waals surface area contributed by atoms with E-state index in [9.17, 15) is 4.79 Å². The lowest BCUT2D eigenvalue weighted by molar-refractivity contribution is -0.115. The summed E-state index contributed by atoms with van der Waals surface area (Å²) in [5.74, 6) is 0.995. The maximum Gasteiger partial charge on any atom is 0.237 e. The van der Waals surface area contributed by atoms with Gasteiger partial charge in [0.05, 0.1) is 28.7 Å². The van der Waals surface area contributed by atoms with E-state index in [4.69, 9.17) is 9.72 Å². The predicted molar refractivity (Wildman–Crippen MR) is 128 cm³/mol. The summed E-state index contributed by atoms with van der Waals surface area (Å²) < 4.78 is 6.57. The Morgan fingerprint density at radius 2 is 2.00 bits per heavy atom. The molecule has 4 rings (SSSR count). The number of amides is 1. The molecule has 1 N–H and O–H groups in total. The molecule has 0 radical (unpaired) electrons. The molecule has 1 amide bonds. The third-order valence-corrected chi connectivity index (χ3v) is 7.39. The lowest BCUT2D eigenvalue weighted by Gasteiger charge is -2.26. The predicted octanol–water partition coefficient (Wildman–Crippen LogP) is 4.66. The van der Waals surface area contributed by atoms with Crippen LogP contribution in [0.15, 0.2) is 42.5 Å². The van der Waals surface area contributed by atoms with E-state index in [0.29, 0.717) is 0 Å². The Morgan fingerprint density at radius 1 is 1.23 bits per heavy atom. The van der Waals surface area contributed by atoms with Gasteiger partial charge in [-0.05, 0) is 55.8 Å². The van der Waals surface area contributed by atoms with Gasteiger partial charge in [-0.15, -0.1) is 23.1 Å². The van der Waals surface area contributed by atoms with E-state index in [1.165, 1.54) is 10.3 Å². The van der Waals surface area contributed by atoms with Crippen LogP contribution in [0.4, 0.5) is 5.69 Å². The number of nitrogens with zero attached hydrogens (tertiary/aromatic N) is 2. The zero-order chi connectivity index (χ0) is 20.9. The summed E-state index contributed by atoms with van der Waals surface area (Å²) in [5.41, 5.74) is 4.16. The number of fused-ring (bicyclic) bond motifs is 1. The number of ether oxygens (including phenoxy) is 1.